The van der Waals surface area contributed by atoms with Crippen LogP contribution in [0.5, 0.6) is 0 Å². The lowest BCUT2D eigenvalue weighted by molar-refractivity contribution is -0.142. The van der Waals surface area contributed by atoms with Gasteiger partial charge in [-0.15, -0.1) is 0 Å². The van der Waals surface area contributed by atoms with E-state index in [0.29, 0.717) is 6.42 Å². The normalized spacial score (nSPS) is 19.5. The Morgan fingerprint density at radius 2 is 1.53 bits per heavy atom. The zero-order chi connectivity index (χ0) is 34.3. The average Bonchev–Trinajstić information content (AvgIpc) is 3.75. The summed E-state index contributed by atoms with van der Waals surface area (Å²) >= 11 is 3.75. The first-order valence-electron chi connectivity index (χ1n) is 16.5. The number of primary amides is 1. The number of ketones is 1. The summed E-state index contributed by atoms with van der Waals surface area (Å²) in [4.78, 5) is 67.5. The standard InChI is InChI=1S/C33H58IN5O5S/c1-20(2)21(3)18-39(26(34)28(42)36-23(17-22-13-14-22)24(40)27(35)41)29(43)25(31(4,5)6)37-30(44)38-33(15-11-10-12-16-33)19-45-32(7,8)9/h20-23,25-26H,10-19H2,1-9H3,(H2,35,41)(H,36,42)(H2,37,38,44)/t21-,23?,25-,26-/m1/s1. The first kappa shape index (κ1) is 39.6. The first-order valence-corrected chi connectivity index (χ1v) is 18.7. The van der Waals surface area contributed by atoms with E-state index in [1.165, 1.54) is 4.90 Å². The second-order valence-corrected chi connectivity index (χ2v) is 18.6. The van der Waals surface area contributed by atoms with Gasteiger partial charge in [0.15, 0.2) is 4.05 Å². The van der Waals surface area contributed by atoms with Crippen molar-refractivity contribution in [2.45, 2.75) is 140 Å². The number of amides is 5. The highest BCUT2D eigenvalue weighted by Gasteiger charge is 2.43. The number of rotatable bonds is 15. The molecule has 45 heavy (non-hydrogen) atoms. The molecule has 258 valence electrons. The number of hydrogen-bond acceptors (Lipinski definition) is 6. The van der Waals surface area contributed by atoms with Crippen LogP contribution in [0, 0.1) is 23.2 Å². The molecule has 0 aliphatic heterocycles. The predicted molar refractivity (Wildman–Crippen MR) is 190 cm³/mol. The van der Waals surface area contributed by atoms with Gasteiger partial charge in [0, 0.05) is 17.0 Å². The maximum absolute atomic E-state index is 14.4. The molecule has 0 saturated heterocycles. The van der Waals surface area contributed by atoms with E-state index >= 15 is 0 Å². The molecular weight excluding hydrogens is 705 g/mol. The largest absolute Gasteiger partial charge is 0.363 e. The maximum atomic E-state index is 14.4. The van der Waals surface area contributed by atoms with Crippen molar-refractivity contribution in [3.05, 3.63) is 0 Å². The van der Waals surface area contributed by atoms with Crippen molar-refractivity contribution in [1.82, 2.24) is 20.9 Å². The molecule has 0 aromatic carbocycles. The molecule has 2 aliphatic carbocycles. The van der Waals surface area contributed by atoms with E-state index in [1.54, 1.807) is 0 Å². The minimum Gasteiger partial charge on any atom is -0.363 e. The predicted octanol–water partition coefficient (Wildman–Crippen LogP) is 5.16. The quantitative estimate of drug-likeness (QED) is 0.0784. The molecule has 0 aromatic heterocycles. The van der Waals surface area contributed by atoms with Gasteiger partial charge in [0.2, 0.25) is 11.7 Å². The van der Waals surface area contributed by atoms with E-state index in [1.807, 2.05) is 62.0 Å². The zero-order valence-electron chi connectivity index (χ0n) is 28.9. The lowest BCUT2D eigenvalue weighted by atomic mass is 9.83. The summed E-state index contributed by atoms with van der Waals surface area (Å²) in [5.74, 6) is -1.53. The lowest BCUT2D eigenvalue weighted by Gasteiger charge is -2.41. The fourth-order valence-electron chi connectivity index (χ4n) is 5.40. The maximum Gasteiger partial charge on any atom is 0.315 e. The molecule has 0 bridgehead atoms. The van der Waals surface area contributed by atoms with Gasteiger partial charge in [-0.25, -0.2) is 4.79 Å². The van der Waals surface area contributed by atoms with Crippen molar-refractivity contribution in [3.8, 4) is 0 Å². The number of halogens is 1. The molecule has 0 aromatic rings. The van der Waals surface area contributed by atoms with Crippen LogP contribution in [0.1, 0.15) is 114 Å². The van der Waals surface area contributed by atoms with Gasteiger partial charge in [0.1, 0.15) is 6.04 Å². The summed E-state index contributed by atoms with van der Waals surface area (Å²) in [6, 6.07) is -2.34. The molecule has 12 heteroatoms. The van der Waals surface area contributed by atoms with Crippen molar-refractivity contribution in [3.63, 3.8) is 0 Å². The summed E-state index contributed by atoms with van der Waals surface area (Å²) in [7, 11) is 0. The van der Waals surface area contributed by atoms with E-state index in [0.717, 1.165) is 50.7 Å². The van der Waals surface area contributed by atoms with Gasteiger partial charge >= 0.3 is 6.03 Å². The van der Waals surface area contributed by atoms with E-state index in [2.05, 4.69) is 50.6 Å². The minimum atomic E-state index is -1.09. The van der Waals surface area contributed by atoms with Crippen LogP contribution in [0.3, 0.4) is 0 Å². The highest BCUT2D eigenvalue weighted by molar-refractivity contribution is 14.1. The fraction of sp³-hybridized carbons (Fsp3) is 0.848. The molecule has 5 amide bonds. The molecule has 0 spiro atoms. The second kappa shape index (κ2) is 16.5. The summed E-state index contributed by atoms with van der Waals surface area (Å²) in [5, 5.41) is 9.01. The molecule has 2 fully saturated rings. The number of nitrogens with zero attached hydrogens (tertiary/aromatic N) is 1. The van der Waals surface area contributed by atoms with Crippen molar-refractivity contribution >= 4 is 63.9 Å². The van der Waals surface area contributed by atoms with Crippen LogP contribution < -0.4 is 21.7 Å². The molecule has 0 heterocycles. The summed E-state index contributed by atoms with van der Waals surface area (Å²) in [5.41, 5.74) is 4.26. The van der Waals surface area contributed by atoms with Crippen LogP contribution in [0.25, 0.3) is 0 Å². The number of nitrogens with two attached hydrogens (primary N) is 1. The van der Waals surface area contributed by atoms with Crippen LogP contribution in [0.15, 0.2) is 0 Å². The van der Waals surface area contributed by atoms with E-state index in [9.17, 15) is 24.0 Å². The van der Waals surface area contributed by atoms with E-state index in [4.69, 9.17) is 5.73 Å². The van der Waals surface area contributed by atoms with Crippen molar-refractivity contribution in [2.75, 3.05) is 12.3 Å². The van der Waals surface area contributed by atoms with Gasteiger partial charge in [-0.2, -0.15) is 11.8 Å². The smallest absolute Gasteiger partial charge is 0.315 e. The zero-order valence-corrected chi connectivity index (χ0v) is 31.9. The molecule has 2 saturated carbocycles. The lowest BCUT2D eigenvalue weighted by Crippen LogP contribution is -2.63. The molecule has 4 atom stereocenters. The third kappa shape index (κ3) is 12.9. The Morgan fingerprint density at radius 3 is 2.00 bits per heavy atom. The summed E-state index contributed by atoms with van der Waals surface area (Å²) < 4.78 is -0.934. The van der Waals surface area contributed by atoms with E-state index < -0.39 is 39.1 Å². The van der Waals surface area contributed by atoms with Crippen LogP contribution >= 0.6 is 34.4 Å². The number of hydrogen-bond donors (Lipinski definition) is 4. The van der Waals surface area contributed by atoms with Crippen LogP contribution in [0.4, 0.5) is 4.79 Å². The molecule has 1 unspecified atom stereocenters. The second-order valence-electron chi connectivity index (χ2n) is 15.7. The molecular formula is C33H58IN5O5S. The number of alkyl halides is 1. The third-order valence-corrected chi connectivity index (χ3v) is 11.7. The van der Waals surface area contributed by atoms with Gasteiger partial charge in [-0.1, -0.05) is 94.4 Å². The van der Waals surface area contributed by atoms with Crippen molar-refractivity contribution in [1.29, 1.82) is 0 Å². The molecule has 10 nitrogen and oxygen atoms in total. The number of thioether (sulfide) groups is 1. The number of nitrogens with one attached hydrogen (secondary N) is 3. The molecule has 2 rings (SSSR count). The third-order valence-electron chi connectivity index (χ3n) is 8.90. The van der Waals surface area contributed by atoms with Gasteiger partial charge in [-0.3, -0.25) is 19.2 Å². The molecule has 0 radical (unpaired) electrons. The first-order chi connectivity index (χ1) is 20.7. The Hall–Kier alpha value is -1.57. The molecule has 2 aliphatic rings. The average molecular weight is 764 g/mol. The Bertz CT molecular complexity index is 1060. The highest BCUT2D eigenvalue weighted by Crippen LogP contribution is 2.36. The summed E-state index contributed by atoms with van der Waals surface area (Å²) in [6.07, 6.45) is 7.20. The van der Waals surface area contributed by atoms with Gasteiger partial charge < -0.3 is 26.6 Å². The Morgan fingerprint density at radius 1 is 0.956 bits per heavy atom. The van der Waals surface area contributed by atoms with Crippen LogP contribution in [-0.4, -0.2) is 73.2 Å². The number of carbonyl (C=O) groups excluding carboxylic acids is 5. The topological polar surface area (TPSA) is 151 Å². The van der Waals surface area contributed by atoms with E-state index in [-0.39, 0.29) is 46.5 Å². The minimum absolute atomic E-state index is 0.0444. The number of Topliss-reactive ketones (excluding diaryl/α,β-unsaturated/α-hetero) is 1. The molecule has 5 N–H and O–H groups in total. The fourth-order valence-corrected chi connectivity index (χ4v) is 7.15. The highest BCUT2D eigenvalue weighted by atomic mass is 127. The Labute approximate surface area is 288 Å². The SMILES string of the molecule is CC(C)[C@H](C)CN(C(=O)[C@@H](NC(=O)NC1(CSC(C)(C)C)CCCCC1)C(C)(C)C)[C@@H](I)C(=O)NC(CC1CC1)C(=O)C(N)=O. The van der Waals surface area contributed by atoms with Crippen LogP contribution in [0.2, 0.25) is 0 Å². The summed E-state index contributed by atoms with van der Waals surface area (Å²) in [6.45, 7) is 18.6. The monoisotopic (exact) mass is 763 g/mol. The van der Waals surface area contributed by atoms with Gasteiger partial charge in [0.25, 0.3) is 11.8 Å². The number of urea groups is 1. The van der Waals surface area contributed by atoms with Gasteiger partial charge in [0.05, 0.1) is 11.6 Å². The van der Waals surface area contributed by atoms with Crippen molar-refractivity contribution in [2.24, 2.45) is 28.9 Å². The van der Waals surface area contributed by atoms with Crippen molar-refractivity contribution < 1.29 is 24.0 Å². The Kier molecular flexibility index (Phi) is 14.5. The number of carbonyl (C=O) groups is 5. The Balaban J connectivity index is 2.33. The van der Waals surface area contributed by atoms with Gasteiger partial charge in [-0.05, 0) is 65.0 Å². The van der Waals surface area contributed by atoms with Crippen LogP contribution in [-0.2, 0) is 19.2 Å².